The number of methoxy groups -OCH3 is 1. The molecule has 0 fully saturated rings. The molecule has 1 aliphatic carbocycles. The quantitative estimate of drug-likeness (QED) is 0.845. The third-order valence-electron chi connectivity index (χ3n) is 4.98. The third-order valence-corrected chi connectivity index (χ3v) is 4.98. The van der Waals surface area contributed by atoms with Crippen molar-refractivity contribution in [2.45, 2.75) is 39.2 Å². The van der Waals surface area contributed by atoms with Gasteiger partial charge in [0.05, 0.1) is 12.7 Å². The van der Waals surface area contributed by atoms with E-state index in [0.29, 0.717) is 29.2 Å². The third kappa shape index (κ3) is 2.91. The number of nitriles is 1. The van der Waals surface area contributed by atoms with Crippen LogP contribution < -0.4 is 4.74 Å². The zero-order valence-corrected chi connectivity index (χ0v) is 13.8. The van der Waals surface area contributed by atoms with Crippen LogP contribution in [0, 0.1) is 23.2 Å². The first-order valence-electron chi connectivity index (χ1n) is 7.80. The molecule has 3 heteroatoms. The summed E-state index contributed by atoms with van der Waals surface area (Å²) in [6, 6.07) is 6.77. The number of fused-ring (bicyclic) bond motifs is 1. The molecule has 3 unspecified atom stereocenters. The summed E-state index contributed by atoms with van der Waals surface area (Å²) in [6.07, 6.45) is 3.47. The number of nitrogens with zero attached hydrogens (tertiary/aromatic N) is 2. The van der Waals surface area contributed by atoms with Crippen LogP contribution in [-0.2, 0) is 6.42 Å². The molecule has 1 aromatic rings. The summed E-state index contributed by atoms with van der Waals surface area (Å²) in [4.78, 5) is 2.32. The summed E-state index contributed by atoms with van der Waals surface area (Å²) < 4.78 is 5.41. The Morgan fingerprint density at radius 1 is 1.43 bits per heavy atom. The van der Waals surface area contributed by atoms with Crippen LogP contribution in [0.5, 0.6) is 5.75 Å². The van der Waals surface area contributed by atoms with E-state index in [0.717, 1.165) is 6.42 Å². The van der Waals surface area contributed by atoms with Gasteiger partial charge in [-0.3, -0.25) is 0 Å². The van der Waals surface area contributed by atoms with E-state index in [2.05, 4.69) is 45.0 Å². The second-order valence-electron chi connectivity index (χ2n) is 6.36. The van der Waals surface area contributed by atoms with Crippen molar-refractivity contribution in [3.63, 3.8) is 0 Å². The van der Waals surface area contributed by atoms with E-state index in [9.17, 15) is 5.26 Å². The Balaban J connectivity index is 2.51. The number of hydrogen-bond acceptors (Lipinski definition) is 3. The van der Waals surface area contributed by atoms with Crippen LogP contribution in [0.4, 0.5) is 0 Å². The molecule has 2 rings (SSSR count). The lowest BCUT2D eigenvalue weighted by Crippen LogP contribution is -2.35. The summed E-state index contributed by atoms with van der Waals surface area (Å²) in [5.41, 5.74) is 3.30. The molecule has 0 saturated carbocycles. The largest absolute Gasteiger partial charge is 0.495 e. The summed E-state index contributed by atoms with van der Waals surface area (Å²) >= 11 is 0. The maximum absolute atomic E-state index is 9.26. The lowest BCUT2D eigenvalue weighted by Gasteiger charge is -2.41. The highest BCUT2D eigenvalue weighted by Crippen LogP contribution is 2.44. The molecular formula is C18H26N2O. The van der Waals surface area contributed by atoms with Crippen LogP contribution >= 0.6 is 0 Å². The molecule has 0 bridgehead atoms. The van der Waals surface area contributed by atoms with Gasteiger partial charge in [-0.2, -0.15) is 5.26 Å². The standard InChI is InChI=1S/C18H26N2O/c1-6-12(2)15-8-7-13-9-14(11-19)17(21-5)10-16(13)18(15)20(3)4/h9-10,12,15,18H,6-8H2,1-5H3. The highest BCUT2D eigenvalue weighted by Gasteiger charge is 2.34. The fraction of sp³-hybridized carbons (Fsp3) is 0.611. The monoisotopic (exact) mass is 286 g/mol. The van der Waals surface area contributed by atoms with Gasteiger partial charge in [0, 0.05) is 6.04 Å². The van der Waals surface area contributed by atoms with Crippen LogP contribution in [0.25, 0.3) is 0 Å². The fourth-order valence-corrected chi connectivity index (χ4v) is 3.66. The average Bonchev–Trinajstić information content (AvgIpc) is 2.51. The number of benzene rings is 1. The van der Waals surface area contributed by atoms with Gasteiger partial charge in [-0.05, 0) is 62.0 Å². The maximum Gasteiger partial charge on any atom is 0.136 e. The smallest absolute Gasteiger partial charge is 0.136 e. The van der Waals surface area contributed by atoms with E-state index in [4.69, 9.17) is 4.74 Å². The van der Waals surface area contributed by atoms with Crippen LogP contribution in [0.15, 0.2) is 12.1 Å². The summed E-state index contributed by atoms with van der Waals surface area (Å²) in [7, 11) is 5.95. The zero-order chi connectivity index (χ0) is 15.6. The molecule has 3 atom stereocenters. The Labute approximate surface area is 128 Å². The van der Waals surface area contributed by atoms with Crippen molar-refractivity contribution in [2.75, 3.05) is 21.2 Å². The van der Waals surface area contributed by atoms with Crippen LogP contribution in [-0.4, -0.2) is 26.1 Å². The van der Waals surface area contributed by atoms with Gasteiger partial charge < -0.3 is 9.64 Å². The van der Waals surface area contributed by atoms with Gasteiger partial charge in [0.2, 0.25) is 0 Å². The van der Waals surface area contributed by atoms with Crippen molar-refractivity contribution in [3.8, 4) is 11.8 Å². The molecule has 1 aliphatic rings. The van der Waals surface area contributed by atoms with Crippen molar-refractivity contribution in [1.82, 2.24) is 4.90 Å². The van der Waals surface area contributed by atoms with E-state index in [-0.39, 0.29) is 0 Å². The number of hydrogen-bond donors (Lipinski definition) is 0. The zero-order valence-electron chi connectivity index (χ0n) is 13.8. The molecule has 1 aromatic carbocycles. The van der Waals surface area contributed by atoms with Crippen LogP contribution in [0.1, 0.15) is 49.4 Å². The molecule has 0 radical (unpaired) electrons. The van der Waals surface area contributed by atoms with Gasteiger partial charge >= 0.3 is 0 Å². The Morgan fingerprint density at radius 3 is 2.67 bits per heavy atom. The minimum Gasteiger partial charge on any atom is -0.495 e. The van der Waals surface area contributed by atoms with E-state index in [1.54, 1.807) is 7.11 Å². The van der Waals surface area contributed by atoms with Gasteiger partial charge in [-0.1, -0.05) is 20.3 Å². The topological polar surface area (TPSA) is 36.3 Å². The van der Waals surface area contributed by atoms with E-state index < -0.39 is 0 Å². The molecule has 0 aliphatic heterocycles. The number of ether oxygens (including phenoxy) is 1. The van der Waals surface area contributed by atoms with Crippen molar-refractivity contribution < 1.29 is 4.74 Å². The summed E-state index contributed by atoms with van der Waals surface area (Å²) in [6.45, 7) is 4.62. The Hall–Kier alpha value is -1.53. The molecular weight excluding hydrogens is 260 g/mol. The first-order valence-corrected chi connectivity index (χ1v) is 7.80. The summed E-state index contributed by atoms with van der Waals surface area (Å²) in [5.74, 6) is 2.07. The van der Waals surface area contributed by atoms with Crippen molar-refractivity contribution in [1.29, 1.82) is 5.26 Å². The van der Waals surface area contributed by atoms with Crippen LogP contribution in [0.3, 0.4) is 0 Å². The molecule has 3 nitrogen and oxygen atoms in total. The SMILES string of the molecule is CCC(C)C1CCc2cc(C#N)c(OC)cc2C1N(C)C. The van der Waals surface area contributed by atoms with Crippen molar-refractivity contribution in [2.24, 2.45) is 11.8 Å². The first kappa shape index (κ1) is 15.9. The molecule has 0 saturated heterocycles. The minimum absolute atomic E-state index is 0.408. The normalized spacial score (nSPS) is 22.5. The molecule has 0 amide bonds. The van der Waals surface area contributed by atoms with E-state index in [1.165, 1.54) is 24.0 Å². The van der Waals surface area contributed by atoms with E-state index >= 15 is 0 Å². The van der Waals surface area contributed by atoms with E-state index in [1.807, 2.05) is 6.07 Å². The second kappa shape index (κ2) is 6.49. The molecule has 0 aromatic heterocycles. The van der Waals surface area contributed by atoms with Crippen molar-refractivity contribution in [3.05, 3.63) is 28.8 Å². The van der Waals surface area contributed by atoms with Gasteiger partial charge in [0.1, 0.15) is 11.8 Å². The second-order valence-corrected chi connectivity index (χ2v) is 6.36. The molecule has 21 heavy (non-hydrogen) atoms. The lowest BCUT2D eigenvalue weighted by atomic mass is 9.72. The van der Waals surface area contributed by atoms with Gasteiger partial charge in [-0.15, -0.1) is 0 Å². The Kier molecular flexibility index (Phi) is 4.90. The number of aryl methyl sites for hydroxylation is 1. The molecule has 114 valence electrons. The first-order chi connectivity index (χ1) is 10.0. The Morgan fingerprint density at radius 2 is 2.14 bits per heavy atom. The van der Waals surface area contributed by atoms with Crippen molar-refractivity contribution >= 4 is 0 Å². The highest BCUT2D eigenvalue weighted by molar-refractivity contribution is 5.51. The Bertz CT molecular complexity index is 545. The van der Waals surface area contributed by atoms with Crippen LogP contribution in [0.2, 0.25) is 0 Å². The minimum atomic E-state index is 0.408. The molecule has 0 spiro atoms. The maximum atomic E-state index is 9.26. The lowest BCUT2D eigenvalue weighted by molar-refractivity contribution is 0.140. The van der Waals surface area contributed by atoms with Gasteiger partial charge in [-0.25, -0.2) is 0 Å². The van der Waals surface area contributed by atoms with Gasteiger partial charge in [0.25, 0.3) is 0 Å². The summed E-state index contributed by atoms with van der Waals surface area (Å²) in [5, 5.41) is 9.26. The highest BCUT2D eigenvalue weighted by atomic mass is 16.5. The molecule has 0 heterocycles. The predicted octanol–water partition coefficient (Wildman–Crippen LogP) is 3.78. The fourth-order valence-electron chi connectivity index (χ4n) is 3.66. The number of rotatable bonds is 4. The molecule has 0 N–H and O–H groups in total. The van der Waals surface area contributed by atoms with Gasteiger partial charge in [0.15, 0.2) is 0 Å². The predicted molar refractivity (Wildman–Crippen MR) is 85.4 cm³/mol. The average molecular weight is 286 g/mol.